The minimum Gasteiger partial charge on any atom is -0.319 e. The number of aryl methyl sites for hydroxylation is 1. The number of carbonyl (C=O) groups excluding carboxylic acids is 1. The van der Waals surface area contributed by atoms with Gasteiger partial charge in [-0.1, -0.05) is 17.7 Å². The fourth-order valence-electron chi connectivity index (χ4n) is 1.72. The highest BCUT2D eigenvalue weighted by Gasteiger charge is 2.17. The lowest BCUT2D eigenvalue weighted by atomic mass is 10.1. The standard InChI is InChI=1S/C14H10ClFN2O3/c1-8-2-5-11(16)12(6-8)17-14(19)9-3-4-10(15)13(7-9)18(20)21/h2-7H,1H3,(H,17,19). The summed E-state index contributed by atoms with van der Waals surface area (Å²) < 4.78 is 13.6. The molecule has 0 unspecified atom stereocenters. The minimum atomic E-state index is -0.688. The summed E-state index contributed by atoms with van der Waals surface area (Å²) in [6.07, 6.45) is 0. The van der Waals surface area contributed by atoms with Gasteiger partial charge in [-0.25, -0.2) is 4.39 Å². The normalized spacial score (nSPS) is 10.2. The van der Waals surface area contributed by atoms with E-state index in [0.29, 0.717) is 0 Å². The molecule has 108 valence electrons. The van der Waals surface area contributed by atoms with Gasteiger partial charge in [-0.3, -0.25) is 14.9 Å². The first kappa shape index (κ1) is 14.9. The first-order valence-electron chi connectivity index (χ1n) is 5.90. The maximum Gasteiger partial charge on any atom is 0.288 e. The van der Waals surface area contributed by atoms with E-state index in [-0.39, 0.29) is 22.0 Å². The first-order valence-corrected chi connectivity index (χ1v) is 6.27. The Morgan fingerprint density at radius 2 is 2.00 bits per heavy atom. The van der Waals surface area contributed by atoms with E-state index in [1.54, 1.807) is 13.0 Å². The van der Waals surface area contributed by atoms with Gasteiger partial charge in [0.1, 0.15) is 10.8 Å². The average molecular weight is 309 g/mol. The van der Waals surface area contributed by atoms with Crippen molar-refractivity contribution in [1.82, 2.24) is 0 Å². The van der Waals surface area contributed by atoms with Gasteiger partial charge in [-0.2, -0.15) is 0 Å². The van der Waals surface area contributed by atoms with E-state index in [1.165, 1.54) is 24.3 Å². The average Bonchev–Trinajstić information content (AvgIpc) is 2.43. The van der Waals surface area contributed by atoms with Crippen molar-refractivity contribution in [2.24, 2.45) is 0 Å². The monoisotopic (exact) mass is 308 g/mol. The Balaban J connectivity index is 2.30. The van der Waals surface area contributed by atoms with Crippen molar-refractivity contribution in [2.75, 3.05) is 5.32 Å². The Kier molecular flexibility index (Phi) is 4.18. The molecule has 0 aliphatic carbocycles. The molecule has 0 aromatic heterocycles. The number of nitrogens with one attached hydrogen (secondary N) is 1. The number of halogens is 2. The van der Waals surface area contributed by atoms with Gasteiger partial charge < -0.3 is 5.32 Å². The number of hydrogen-bond acceptors (Lipinski definition) is 3. The number of nitrogens with zero attached hydrogens (tertiary/aromatic N) is 1. The minimum absolute atomic E-state index is 0.0117. The molecule has 0 aliphatic heterocycles. The number of benzene rings is 2. The van der Waals surface area contributed by atoms with E-state index in [1.807, 2.05) is 0 Å². The number of hydrogen-bond donors (Lipinski definition) is 1. The third-order valence-electron chi connectivity index (χ3n) is 2.78. The van der Waals surface area contributed by atoms with Gasteiger partial charge in [0, 0.05) is 11.6 Å². The van der Waals surface area contributed by atoms with E-state index in [0.717, 1.165) is 11.6 Å². The van der Waals surface area contributed by atoms with E-state index in [4.69, 9.17) is 11.6 Å². The lowest BCUT2D eigenvalue weighted by Gasteiger charge is -2.07. The lowest BCUT2D eigenvalue weighted by molar-refractivity contribution is -0.384. The number of nitro groups is 1. The van der Waals surface area contributed by atoms with Crippen LogP contribution in [-0.4, -0.2) is 10.8 Å². The molecular formula is C14H10ClFN2O3. The molecule has 0 atom stereocenters. The van der Waals surface area contributed by atoms with Crippen LogP contribution in [0.5, 0.6) is 0 Å². The summed E-state index contributed by atoms with van der Waals surface area (Å²) in [5.74, 6) is -1.24. The van der Waals surface area contributed by atoms with Crippen molar-refractivity contribution >= 4 is 28.9 Å². The molecule has 0 bridgehead atoms. The van der Waals surface area contributed by atoms with Gasteiger partial charge in [-0.15, -0.1) is 0 Å². The van der Waals surface area contributed by atoms with Gasteiger partial charge in [0.05, 0.1) is 10.6 Å². The third-order valence-corrected chi connectivity index (χ3v) is 3.09. The zero-order chi connectivity index (χ0) is 15.6. The molecule has 0 saturated carbocycles. The van der Waals surface area contributed by atoms with Crippen molar-refractivity contribution in [3.63, 3.8) is 0 Å². The van der Waals surface area contributed by atoms with Crippen LogP contribution in [0.4, 0.5) is 15.8 Å². The van der Waals surface area contributed by atoms with Crippen LogP contribution in [0.25, 0.3) is 0 Å². The van der Waals surface area contributed by atoms with Crippen LogP contribution in [0.2, 0.25) is 5.02 Å². The summed E-state index contributed by atoms with van der Waals surface area (Å²) in [6, 6.07) is 7.90. The van der Waals surface area contributed by atoms with Crippen molar-refractivity contribution in [1.29, 1.82) is 0 Å². The van der Waals surface area contributed by atoms with Crippen LogP contribution in [0.3, 0.4) is 0 Å². The summed E-state index contributed by atoms with van der Waals surface area (Å²) in [7, 11) is 0. The van der Waals surface area contributed by atoms with E-state index < -0.39 is 16.6 Å². The van der Waals surface area contributed by atoms with Crippen molar-refractivity contribution in [2.45, 2.75) is 6.92 Å². The maximum atomic E-state index is 13.6. The van der Waals surface area contributed by atoms with E-state index >= 15 is 0 Å². The number of amides is 1. The Bertz CT molecular complexity index is 734. The molecule has 0 heterocycles. The van der Waals surface area contributed by atoms with Crippen LogP contribution in [0, 0.1) is 22.9 Å². The van der Waals surface area contributed by atoms with Crippen LogP contribution < -0.4 is 5.32 Å². The fourth-order valence-corrected chi connectivity index (χ4v) is 1.91. The van der Waals surface area contributed by atoms with Crippen LogP contribution in [-0.2, 0) is 0 Å². The molecule has 21 heavy (non-hydrogen) atoms. The first-order chi connectivity index (χ1) is 9.88. The lowest BCUT2D eigenvalue weighted by Crippen LogP contribution is -2.13. The highest BCUT2D eigenvalue weighted by Crippen LogP contribution is 2.25. The highest BCUT2D eigenvalue weighted by molar-refractivity contribution is 6.32. The van der Waals surface area contributed by atoms with Crippen LogP contribution in [0.15, 0.2) is 36.4 Å². The molecule has 1 amide bonds. The molecule has 0 spiro atoms. The van der Waals surface area contributed by atoms with Gasteiger partial charge in [0.15, 0.2) is 0 Å². The summed E-state index contributed by atoms with van der Waals surface area (Å²) in [6.45, 7) is 1.75. The molecular weight excluding hydrogens is 299 g/mol. The van der Waals surface area contributed by atoms with Crippen LogP contribution in [0.1, 0.15) is 15.9 Å². The molecule has 2 aromatic carbocycles. The molecule has 1 N–H and O–H groups in total. The fraction of sp³-hybridized carbons (Fsp3) is 0.0714. The Labute approximate surface area is 124 Å². The smallest absolute Gasteiger partial charge is 0.288 e. The molecule has 5 nitrogen and oxygen atoms in total. The molecule has 2 rings (SSSR count). The Morgan fingerprint density at radius 1 is 1.29 bits per heavy atom. The predicted molar refractivity (Wildman–Crippen MR) is 77.2 cm³/mol. The summed E-state index contributed by atoms with van der Waals surface area (Å²) in [5, 5.41) is 13.1. The SMILES string of the molecule is Cc1ccc(F)c(NC(=O)c2ccc(Cl)c([N+](=O)[O-])c2)c1. The zero-order valence-corrected chi connectivity index (χ0v) is 11.6. The summed E-state index contributed by atoms with van der Waals surface area (Å²) in [5.41, 5.74) is 0.424. The Morgan fingerprint density at radius 3 is 2.67 bits per heavy atom. The zero-order valence-electron chi connectivity index (χ0n) is 10.9. The molecule has 0 aliphatic rings. The van der Waals surface area contributed by atoms with Crippen molar-refractivity contribution in [3.8, 4) is 0 Å². The molecule has 7 heteroatoms. The van der Waals surface area contributed by atoms with Crippen molar-refractivity contribution in [3.05, 3.63) is 68.5 Å². The molecule has 0 radical (unpaired) electrons. The summed E-state index contributed by atoms with van der Waals surface area (Å²) >= 11 is 5.67. The highest BCUT2D eigenvalue weighted by atomic mass is 35.5. The predicted octanol–water partition coefficient (Wildman–Crippen LogP) is 3.95. The van der Waals surface area contributed by atoms with Gasteiger partial charge in [0.25, 0.3) is 11.6 Å². The maximum absolute atomic E-state index is 13.6. The number of anilines is 1. The third kappa shape index (κ3) is 3.35. The molecule has 2 aromatic rings. The quantitative estimate of drug-likeness (QED) is 0.689. The molecule has 0 fully saturated rings. The van der Waals surface area contributed by atoms with E-state index in [2.05, 4.69) is 5.32 Å². The van der Waals surface area contributed by atoms with Crippen LogP contribution >= 0.6 is 11.6 Å². The second kappa shape index (κ2) is 5.88. The largest absolute Gasteiger partial charge is 0.319 e. The Hall–Kier alpha value is -2.47. The second-order valence-corrected chi connectivity index (χ2v) is 4.77. The molecule has 0 saturated heterocycles. The summed E-state index contributed by atoms with van der Waals surface area (Å²) in [4.78, 5) is 22.1. The second-order valence-electron chi connectivity index (χ2n) is 4.36. The number of carbonyl (C=O) groups is 1. The van der Waals surface area contributed by atoms with E-state index in [9.17, 15) is 19.3 Å². The number of rotatable bonds is 3. The topological polar surface area (TPSA) is 72.2 Å². The van der Waals surface area contributed by atoms with Crippen molar-refractivity contribution < 1.29 is 14.1 Å². The van der Waals surface area contributed by atoms with Gasteiger partial charge >= 0.3 is 0 Å². The van der Waals surface area contributed by atoms with Gasteiger partial charge in [0.2, 0.25) is 0 Å². The van der Waals surface area contributed by atoms with Gasteiger partial charge in [-0.05, 0) is 36.8 Å². The number of nitro benzene ring substituents is 1.